The monoisotopic (exact) mass is 357 g/mol. The van der Waals surface area contributed by atoms with Crippen molar-refractivity contribution in [3.8, 4) is 12.1 Å². The Balaban J connectivity index is 2.50. The number of nitriles is 2. The highest BCUT2D eigenvalue weighted by molar-refractivity contribution is 5.84. The number of hydrogen-bond acceptors (Lipinski definition) is 4. The normalized spacial score (nSPS) is 19.0. The van der Waals surface area contributed by atoms with Crippen LogP contribution >= 0.6 is 0 Å². The van der Waals surface area contributed by atoms with Crippen LogP contribution < -0.4 is 0 Å². The summed E-state index contributed by atoms with van der Waals surface area (Å²) >= 11 is 0. The van der Waals surface area contributed by atoms with Crippen LogP contribution in [0.1, 0.15) is 72.1 Å². The SMILES string of the molecule is CC(C)(C)ON=C1CCC(CCC(C#N)(C#N)CCC(F)(F)F)CC1. The highest BCUT2D eigenvalue weighted by Crippen LogP contribution is 2.37. The Morgan fingerprint density at radius 2 is 1.60 bits per heavy atom. The molecule has 7 heteroatoms. The molecule has 0 aromatic rings. The van der Waals surface area contributed by atoms with E-state index in [1.165, 1.54) is 0 Å². The standard InChI is InChI=1S/C18H26F3N3O/c1-16(2,3)25-24-15-6-4-14(5-7-15)8-9-17(12-22,13-23)10-11-18(19,20)21/h14H,4-11H2,1-3H3. The Morgan fingerprint density at radius 1 is 1.04 bits per heavy atom. The minimum Gasteiger partial charge on any atom is -0.390 e. The van der Waals surface area contributed by atoms with E-state index in [1.807, 2.05) is 32.9 Å². The quantitative estimate of drug-likeness (QED) is 0.589. The fraction of sp³-hybridized carbons (Fsp3) is 0.833. The average molecular weight is 357 g/mol. The maximum Gasteiger partial charge on any atom is 0.389 e. The van der Waals surface area contributed by atoms with Crippen LogP contribution in [0.2, 0.25) is 0 Å². The Labute approximate surface area is 147 Å². The van der Waals surface area contributed by atoms with Crippen molar-refractivity contribution >= 4 is 5.71 Å². The molecular weight excluding hydrogens is 331 g/mol. The molecule has 0 aliphatic heterocycles. The van der Waals surface area contributed by atoms with Crippen LogP contribution in [0.25, 0.3) is 0 Å². The summed E-state index contributed by atoms with van der Waals surface area (Å²) in [5.74, 6) is 0.306. The summed E-state index contributed by atoms with van der Waals surface area (Å²) in [6.45, 7) is 5.77. The van der Waals surface area contributed by atoms with Gasteiger partial charge in [0.25, 0.3) is 0 Å². The molecule has 0 N–H and O–H groups in total. The van der Waals surface area contributed by atoms with Crippen molar-refractivity contribution in [3.05, 3.63) is 0 Å². The molecule has 0 aromatic heterocycles. The fourth-order valence-corrected chi connectivity index (χ4v) is 2.77. The van der Waals surface area contributed by atoms with E-state index in [1.54, 1.807) is 0 Å². The van der Waals surface area contributed by atoms with Crippen LogP contribution in [0.15, 0.2) is 5.16 Å². The minimum absolute atomic E-state index is 0.186. The lowest BCUT2D eigenvalue weighted by atomic mass is 9.76. The number of oxime groups is 1. The van der Waals surface area contributed by atoms with E-state index >= 15 is 0 Å². The molecule has 0 atom stereocenters. The molecule has 1 rings (SSSR count). The van der Waals surface area contributed by atoms with Crippen molar-refractivity contribution in [1.29, 1.82) is 10.5 Å². The number of nitrogens with zero attached hydrogens (tertiary/aromatic N) is 3. The molecule has 0 aromatic carbocycles. The summed E-state index contributed by atoms with van der Waals surface area (Å²) in [6, 6.07) is 3.64. The second-order valence-electron chi connectivity index (χ2n) is 7.76. The molecule has 0 radical (unpaired) electrons. The maximum atomic E-state index is 12.4. The minimum atomic E-state index is -4.35. The predicted molar refractivity (Wildman–Crippen MR) is 88.4 cm³/mol. The topological polar surface area (TPSA) is 69.2 Å². The van der Waals surface area contributed by atoms with Gasteiger partial charge in [-0.1, -0.05) is 5.16 Å². The van der Waals surface area contributed by atoms with E-state index in [0.29, 0.717) is 12.3 Å². The number of rotatable bonds is 6. The van der Waals surface area contributed by atoms with Crippen molar-refractivity contribution in [2.45, 2.75) is 83.9 Å². The molecule has 0 saturated heterocycles. The van der Waals surface area contributed by atoms with Crippen molar-refractivity contribution in [3.63, 3.8) is 0 Å². The Hall–Kier alpha value is -1.76. The summed E-state index contributed by atoms with van der Waals surface area (Å²) in [4.78, 5) is 5.41. The molecule has 1 aliphatic carbocycles. The lowest BCUT2D eigenvalue weighted by molar-refractivity contribution is -0.138. The summed E-state index contributed by atoms with van der Waals surface area (Å²) in [6.07, 6.45) is -1.83. The van der Waals surface area contributed by atoms with E-state index in [9.17, 15) is 23.7 Å². The van der Waals surface area contributed by atoms with Gasteiger partial charge >= 0.3 is 6.18 Å². The molecule has 4 nitrogen and oxygen atoms in total. The highest BCUT2D eigenvalue weighted by Gasteiger charge is 2.37. The lowest BCUT2D eigenvalue weighted by Gasteiger charge is -2.26. The van der Waals surface area contributed by atoms with Crippen molar-refractivity contribution in [1.82, 2.24) is 0 Å². The third kappa shape index (κ3) is 8.25. The Bertz CT molecular complexity index is 526. The van der Waals surface area contributed by atoms with Gasteiger partial charge < -0.3 is 4.84 Å². The largest absolute Gasteiger partial charge is 0.390 e. The van der Waals surface area contributed by atoms with Crippen LogP contribution in [-0.2, 0) is 4.84 Å². The highest BCUT2D eigenvalue weighted by atomic mass is 19.4. The predicted octanol–water partition coefficient (Wildman–Crippen LogP) is 5.50. The van der Waals surface area contributed by atoms with E-state index < -0.39 is 24.4 Å². The van der Waals surface area contributed by atoms with Gasteiger partial charge in [0, 0.05) is 6.42 Å². The Morgan fingerprint density at radius 3 is 2.04 bits per heavy atom. The van der Waals surface area contributed by atoms with Crippen LogP contribution in [0.3, 0.4) is 0 Å². The van der Waals surface area contributed by atoms with Crippen LogP contribution in [0.4, 0.5) is 13.2 Å². The molecule has 0 heterocycles. The van der Waals surface area contributed by atoms with Gasteiger partial charge in [-0.15, -0.1) is 0 Å². The third-order valence-corrected chi connectivity index (χ3v) is 4.37. The molecule has 0 bridgehead atoms. The van der Waals surface area contributed by atoms with Gasteiger partial charge in [-0.25, -0.2) is 0 Å². The van der Waals surface area contributed by atoms with Gasteiger partial charge in [0.15, 0.2) is 0 Å². The van der Waals surface area contributed by atoms with Gasteiger partial charge in [0.1, 0.15) is 11.0 Å². The Kier molecular flexibility index (Phi) is 7.29. The zero-order valence-corrected chi connectivity index (χ0v) is 15.1. The van der Waals surface area contributed by atoms with Gasteiger partial charge in [-0.2, -0.15) is 23.7 Å². The first-order valence-corrected chi connectivity index (χ1v) is 8.62. The molecule has 1 fully saturated rings. The first-order valence-electron chi connectivity index (χ1n) is 8.62. The number of halogens is 3. The molecule has 1 saturated carbocycles. The van der Waals surface area contributed by atoms with E-state index in [-0.39, 0.29) is 12.0 Å². The van der Waals surface area contributed by atoms with E-state index in [0.717, 1.165) is 31.4 Å². The molecule has 0 spiro atoms. The van der Waals surface area contributed by atoms with Crippen LogP contribution in [0.5, 0.6) is 0 Å². The molecule has 0 amide bonds. The summed E-state index contributed by atoms with van der Waals surface area (Å²) < 4.78 is 37.2. The lowest BCUT2D eigenvalue weighted by Crippen LogP contribution is -2.23. The van der Waals surface area contributed by atoms with Crippen molar-refractivity contribution in [2.75, 3.05) is 0 Å². The van der Waals surface area contributed by atoms with Gasteiger partial charge in [0.2, 0.25) is 0 Å². The van der Waals surface area contributed by atoms with E-state index in [4.69, 9.17) is 4.84 Å². The molecular formula is C18H26F3N3O. The van der Waals surface area contributed by atoms with Gasteiger partial charge in [-0.05, 0) is 71.6 Å². The van der Waals surface area contributed by atoms with E-state index in [2.05, 4.69) is 5.16 Å². The first-order chi connectivity index (χ1) is 11.5. The number of hydrogen-bond donors (Lipinski definition) is 0. The molecule has 140 valence electrons. The van der Waals surface area contributed by atoms with Crippen molar-refractivity contribution < 1.29 is 18.0 Å². The van der Waals surface area contributed by atoms with Crippen LogP contribution in [0, 0.1) is 34.0 Å². The summed E-state index contributed by atoms with van der Waals surface area (Å²) in [7, 11) is 0. The first kappa shape index (κ1) is 21.3. The van der Waals surface area contributed by atoms with Gasteiger partial charge in [0.05, 0.1) is 17.9 Å². The average Bonchev–Trinajstić information content (AvgIpc) is 2.53. The number of alkyl halides is 3. The maximum absolute atomic E-state index is 12.4. The zero-order valence-electron chi connectivity index (χ0n) is 15.1. The molecule has 1 aliphatic rings. The summed E-state index contributed by atoms with van der Waals surface area (Å²) in [5, 5.41) is 22.6. The molecule has 25 heavy (non-hydrogen) atoms. The van der Waals surface area contributed by atoms with Crippen molar-refractivity contribution in [2.24, 2.45) is 16.5 Å². The smallest absolute Gasteiger partial charge is 0.389 e. The second kappa shape index (κ2) is 8.56. The fourth-order valence-electron chi connectivity index (χ4n) is 2.77. The second-order valence-corrected chi connectivity index (χ2v) is 7.76. The van der Waals surface area contributed by atoms with Crippen LogP contribution in [-0.4, -0.2) is 17.5 Å². The third-order valence-electron chi connectivity index (χ3n) is 4.37. The zero-order chi connectivity index (χ0) is 19.1. The summed E-state index contributed by atoms with van der Waals surface area (Å²) in [5.41, 5.74) is -0.879. The van der Waals surface area contributed by atoms with Gasteiger partial charge in [-0.3, -0.25) is 0 Å². The molecule has 0 unspecified atom stereocenters.